The van der Waals surface area contributed by atoms with E-state index in [0.29, 0.717) is 25.0 Å². The van der Waals surface area contributed by atoms with Crippen LogP contribution in [0.4, 0.5) is 5.82 Å². The van der Waals surface area contributed by atoms with Gasteiger partial charge < -0.3 is 14.6 Å². The summed E-state index contributed by atoms with van der Waals surface area (Å²) >= 11 is 0. The molecule has 1 aliphatic heterocycles. The van der Waals surface area contributed by atoms with E-state index < -0.39 is 10.0 Å². The molecule has 0 aromatic carbocycles. The molecule has 0 radical (unpaired) electrons. The molecule has 1 saturated carbocycles. The number of hydrogen-bond donors (Lipinski definition) is 1. The van der Waals surface area contributed by atoms with Gasteiger partial charge in [0, 0.05) is 46.1 Å². The first-order chi connectivity index (χ1) is 13.5. The summed E-state index contributed by atoms with van der Waals surface area (Å²) in [6, 6.07) is 2.30. The number of methoxy groups -OCH3 is 1. The average Bonchev–Trinajstić information content (AvgIpc) is 3.13. The lowest BCUT2D eigenvalue weighted by Crippen LogP contribution is -2.48. The molecule has 3 heterocycles. The number of nitrogens with one attached hydrogen (secondary N) is 1. The van der Waals surface area contributed by atoms with E-state index in [0.717, 1.165) is 49.1 Å². The van der Waals surface area contributed by atoms with Crippen LogP contribution in [0, 0.1) is 11.8 Å². The third kappa shape index (κ3) is 3.88. The zero-order valence-corrected chi connectivity index (χ0v) is 17.4. The molecule has 28 heavy (non-hydrogen) atoms. The molecular weight excluding hydrogens is 378 g/mol. The number of nitrogens with zero attached hydrogens (tertiary/aromatic N) is 4. The Kier molecular flexibility index (Phi) is 5.57. The molecule has 2 fully saturated rings. The van der Waals surface area contributed by atoms with E-state index in [1.54, 1.807) is 17.7 Å². The van der Waals surface area contributed by atoms with Crippen molar-refractivity contribution in [1.82, 2.24) is 19.3 Å². The number of anilines is 1. The second kappa shape index (κ2) is 7.96. The smallest absolute Gasteiger partial charge is 0.214 e. The summed E-state index contributed by atoms with van der Waals surface area (Å²) in [5.74, 6) is 1.86. The summed E-state index contributed by atoms with van der Waals surface area (Å²) in [7, 11) is 0.559. The maximum atomic E-state index is 12.8. The first-order valence-electron chi connectivity index (χ1n) is 9.95. The number of sulfonamides is 1. The molecule has 154 valence electrons. The maximum absolute atomic E-state index is 12.8. The monoisotopic (exact) mass is 407 g/mol. The Bertz CT molecular complexity index is 901. The summed E-state index contributed by atoms with van der Waals surface area (Å²) in [5, 5.41) is 1.00. The Hall–Kier alpha value is -1.71. The zero-order chi connectivity index (χ0) is 19.7. The summed E-state index contributed by atoms with van der Waals surface area (Å²) in [6.07, 6.45) is 6.98. The Morgan fingerprint density at radius 1 is 1.25 bits per heavy atom. The maximum Gasteiger partial charge on any atom is 0.214 e. The third-order valence-electron chi connectivity index (χ3n) is 6.24. The number of piperidine rings is 1. The van der Waals surface area contributed by atoms with Crippen LogP contribution >= 0.6 is 0 Å². The van der Waals surface area contributed by atoms with Crippen molar-refractivity contribution < 1.29 is 13.2 Å². The minimum absolute atomic E-state index is 0.220. The van der Waals surface area contributed by atoms with Crippen LogP contribution in [0.2, 0.25) is 0 Å². The van der Waals surface area contributed by atoms with Gasteiger partial charge in [-0.1, -0.05) is 0 Å². The lowest BCUT2D eigenvalue weighted by Gasteiger charge is -2.42. The van der Waals surface area contributed by atoms with E-state index in [1.807, 2.05) is 19.3 Å². The molecule has 0 amide bonds. The third-order valence-corrected chi connectivity index (χ3v) is 8.29. The van der Waals surface area contributed by atoms with Crippen molar-refractivity contribution in [3.05, 3.63) is 18.6 Å². The van der Waals surface area contributed by atoms with Gasteiger partial charge in [-0.2, -0.15) is 0 Å². The molecule has 2 aromatic rings. The van der Waals surface area contributed by atoms with Gasteiger partial charge >= 0.3 is 0 Å². The van der Waals surface area contributed by atoms with Crippen LogP contribution in [0.15, 0.2) is 18.6 Å². The van der Waals surface area contributed by atoms with Crippen molar-refractivity contribution in [1.29, 1.82) is 0 Å². The predicted molar refractivity (Wildman–Crippen MR) is 109 cm³/mol. The van der Waals surface area contributed by atoms with Crippen LogP contribution < -0.4 is 4.90 Å². The molecule has 0 atom stereocenters. The first kappa shape index (κ1) is 19.6. The number of aromatic amines is 1. The van der Waals surface area contributed by atoms with E-state index in [1.165, 1.54) is 0 Å². The Morgan fingerprint density at radius 2 is 2.00 bits per heavy atom. The van der Waals surface area contributed by atoms with Gasteiger partial charge in [0.2, 0.25) is 10.0 Å². The highest BCUT2D eigenvalue weighted by Crippen LogP contribution is 2.36. The highest BCUT2D eigenvalue weighted by molar-refractivity contribution is 7.89. The van der Waals surface area contributed by atoms with E-state index in [4.69, 9.17) is 4.74 Å². The van der Waals surface area contributed by atoms with Crippen LogP contribution in [0.1, 0.15) is 25.7 Å². The number of hydrogen-bond acceptors (Lipinski definition) is 6. The van der Waals surface area contributed by atoms with Crippen molar-refractivity contribution in [2.45, 2.75) is 31.7 Å². The minimum atomic E-state index is -3.18. The van der Waals surface area contributed by atoms with Gasteiger partial charge in [-0.05, 0) is 43.6 Å². The summed E-state index contributed by atoms with van der Waals surface area (Å²) in [5.41, 5.74) is 0.826. The normalized spacial score (nSPS) is 24.4. The number of H-pyrrole nitrogens is 1. The van der Waals surface area contributed by atoms with Crippen LogP contribution in [0.5, 0.6) is 0 Å². The molecule has 0 spiro atoms. The second-order valence-electron chi connectivity index (χ2n) is 8.12. The van der Waals surface area contributed by atoms with E-state index in [9.17, 15) is 8.42 Å². The van der Waals surface area contributed by atoms with Crippen LogP contribution in [-0.2, 0) is 14.8 Å². The summed E-state index contributed by atoms with van der Waals surface area (Å²) in [4.78, 5) is 13.9. The van der Waals surface area contributed by atoms with Gasteiger partial charge in [0.15, 0.2) is 0 Å². The summed E-state index contributed by atoms with van der Waals surface area (Å²) in [6.45, 7) is 1.97. The number of ether oxygens (including phenoxy) is 1. The fraction of sp³-hybridized carbons (Fsp3) is 0.684. The van der Waals surface area contributed by atoms with Gasteiger partial charge in [0.05, 0.1) is 11.1 Å². The molecule has 0 unspecified atom stereocenters. The Morgan fingerprint density at radius 3 is 2.71 bits per heavy atom. The number of aromatic nitrogens is 3. The van der Waals surface area contributed by atoms with Gasteiger partial charge in [-0.15, -0.1) is 0 Å². The van der Waals surface area contributed by atoms with Gasteiger partial charge in [0.1, 0.15) is 17.8 Å². The lowest BCUT2D eigenvalue weighted by molar-refractivity contribution is 0.121. The molecule has 8 nitrogen and oxygen atoms in total. The quantitative estimate of drug-likeness (QED) is 0.753. The Balaban J connectivity index is 1.31. The van der Waals surface area contributed by atoms with Crippen molar-refractivity contribution in [2.75, 3.05) is 44.5 Å². The van der Waals surface area contributed by atoms with Crippen LogP contribution in [0.3, 0.4) is 0 Å². The van der Waals surface area contributed by atoms with Crippen molar-refractivity contribution >= 4 is 26.9 Å². The molecule has 1 aliphatic carbocycles. The molecule has 9 heteroatoms. The topological polar surface area (TPSA) is 91.4 Å². The minimum Gasteiger partial charge on any atom is -0.384 e. The van der Waals surface area contributed by atoms with E-state index in [-0.39, 0.29) is 11.7 Å². The lowest BCUT2D eigenvalue weighted by atomic mass is 9.81. The number of fused-ring (bicyclic) bond motifs is 1. The second-order valence-corrected chi connectivity index (χ2v) is 10.1. The molecule has 2 aromatic heterocycles. The highest BCUT2D eigenvalue weighted by Gasteiger charge is 2.38. The molecule has 1 N–H and O–H groups in total. The van der Waals surface area contributed by atoms with Crippen LogP contribution in [-0.4, -0.2) is 73.3 Å². The molecule has 4 rings (SSSR count). The number of rotatable bonds is 7. The zero-order valence-electron chi connectivity index (χ0n) is 16.5. The highest BCUT2D eigenvalue weighted by atomic mass is 32.2. The van der Waals surface area contributed by atoms with Crippen molar-refractivity contribution in [3.8, 4) is 0 Å². The fourth-order valence-corrected chi connectivity index (χ4v) is 6.30. The van der Waals surface area contributed by atoms with Gasteiger partial charge in [0.25, 0.3) is 0 Å². The molecular formula is C19H29N5O3S. The molecule has 1 saturated heterocycles. The molecule has 2 aliphatic rings. The predicted octanol–water partition coefficient (Wildman–Crippen LogP) is 1.86. The van der Waals surface area contributed by atoms with Gasteiger partial charge in [-0.25, -0.2) is 22.7 Å². The van der Waals surface area contributed by atoms with E-state index in [2.05, 4.69) is 19.9 Å². The Labute approximate surface area is 166 Å². The van der Waals surface area contributed by atoms with Crippen molar-refractivity contribution in [2.24, 2.45) is 11.8 Å². The van der Waals surface area contributed by atoms with E-state index >= 15 is 0 Å². The van der Waals surface area contributed by atoms with Crippen molar-refractivity contribution in [3.63, 3.8) is 0 Å². The average molecular weight is 408 g/mol. The van der Waals surface area contributed by atoms with Crippen LogP contribution in [0.25, 0.3) is 11.0 Å². The first-order valence-corrected chi connectivity index (χ1v) is 11.6. The largest absolute Gasteiger partial charge is 0.384 e. The fourth-order valence-electron chi connectivity index (χ4n) is 4.46. The van der Waals surface area contributed by atoms with Gasteiger partial charge in [-0.3, -0.25) is 0 Å². The SMILES string of the molecule is COCC1CCN(S(=O)(=O)CC2CC(N(C)c3ncnc4[nH]ccc34)C2)CC1. The summed E-state index contributed by atoms with van der Waals surface area (Å²) < 4.78 is 32.5. The standard InChI is InChI=1S/C19H29N5O3S/c1-23(19-17-3-6-20-18(17)21-13-22-19)16-9-15(10-16)12-28(25,26)24-7-4-14(5-8-24)11-27-2/h3,6,13-16H,4-5,7-12H2,1-2H3,(H,20,21,22). The molecule has 0 bridgehead atoms.